The summed E-state index contributed by atoms with van der Waals surface area (Å²) in [5, 5.41) is 0. The molecule has 29 heavy (non-hydrogen) atoms. The smallest absolute Gasteiger partial charge is 0.175 e. The number of halogens is 2. The fraction of sp³-hybridized carbons (Fsp3) is 0.208. The van der Waals surface area contributed by atoms with E-state index in [4.69, 9.17) is 9.47 Å². The highest BCUT2D eigenvalue weighted by Gasteiger charge is 2.12. The van der Waals surface area contributed by atoms with E-state index in [0.29, 0.717) is 18.1 Å². The monoisotopic (exact) mass is 503 g/mol. The second kappa shape index (κ2) is 9.87. The quantitative estimate of drug-likeness (QED) is 0.263. The predicted molar refractivity (Wildman–Crippen MR) is 124 cm³/mol. The van der Waals surface area contributed by atoms with Crippen LogP contribution in [0.15, 0.2) is 59.6 Å². The topological polar surface area (TPSA) is 30.8 Å². The molecule has 3 aromatic carbocycles. The van der Waals surface area contributed by atoms with Gasteiger partial charge in [-0.15, -0.1) is 0 Å². The van der Waals surface area contributed by atoms with E-state index in [2.05, 4.69) is 47.5 Å². The molecule has 0 aromatic heterocycles. The summed E-state index contributed by atoms with van der Waals surface area (Å²) in [6, 6.07) is 16.4. The lowest BCUT2D eigenvalue weighted by atomic mass is 10.1. The van der Waals surface area contributed by atoms with E-state index in [9.17, 15) is 4.39 Å². The van der Waals surface area contributed by atoms with Gasteiger partial charge in [0.1, 0.15) is 12.4 Å². The Bertz CT molecular complexity index is 1030. The highest BCUT2D eigenvalue weighted by Crippen LogP contribution is 2.35. The molecule has 0 saturated carbocycles. The molecule has 3 rings (SSSR count). The first kappa shape index (κ1) is 21.3. The van der Waals surface area contributed by atoms with Crippen molar-refractivity contribution in [3.63, 3.8) is 0 Å². The van der Waals surface area contributed by atoms with E-state index in [1.165, 1.54) is 23.3 Å². The molecule has 0 atom stereocenters. The second-order valence-electron chi connectivity index (χ2n) is 6.66. The van der Waals surface area contributed by atoms with E-state index in [1.807, 2.05) is 43.5 Å². The van der Waals surface area contributed by atoms with Gasteiger partial charge in [-0.25, -0.2) is 4.39 Å². The minimum Gasteiger partial charge on any atom is -0.490 e. The van der Waals surface area contributed by atoms with Gasteiger partial charge in [-0.05, 0) is 95.9 Å². The molecule has 150 valence electrons. The standard InChI is InChI=1S/C24H23FINO2/c1-4-28-23-13-19(14-27-22-10-5-7-16(2)17(22)3)12-21(26)24(23)29-15-18-8-6-9-20(25)11-18/h5-14H,4,15H2,1-3H3. The molecular weight excluding hydrogens is 480 g/mol. The minimum atomic E-state index is -0.274. The van der Waals surface area contributed by atoms with Gasteiger partial charge in [0.05, 0.1) is 15.9 Å². The summed E-state index contributed by atoms with van der Waals surface area (Å²) in [7, 11) is 0. The number of aryl methyl sites for hydroxylation is 1. The molecule has 0 spiro atoms. The Morgan fingerprint density at radius 1 is 1.03 bits per heavy atom. The Labute approximate surface area is 184 Å². The van der Waals surface area contributed by atoms with Crippen LogP contribution in [0, 0.1) is 23.2 Å². The number of hydrogen-bond donors (Lipinski definition) is 0. The number of aliphatic imine (C=N–C) groups is 1. The molecule has 5 heteroatoms. The average molecular weight is 503 g/mol. The van der Waals surface area contributed by atoms with Gasteiger partial charge < -0.3 is 9.47 Å². The normalized spacial score (nSPS) is 11.1. The van der Waals surface area contributed by atoms with Crippen LogP contribution >= 0.6 is 22.6 Å². The summed E-state index contributed by atoms with van der Waals surface area (Å²) < 4.78 is 26.1. The van der Waals surface area contributed by atoms with Crippen LogP contribution < -0.4 is 9.47 Å². The zero-order chi connectivity index (χ0) is 20.8. The van der Waals surface area contributed by atoms with Crippen molar-refractivity contribution in [2.24, 2.45) is 4.99 Å². The molecule has 0 heterocycles. The van der Waals surface area contributed by atoms with Crippen molar-refractivity contribution in [3.8, 4) is 11.5 Å². The SMILES string of the molecule is CCOc1cc(C=Nc2cccc(C)c2C)cc(I)c1OCc1cccc(F)c1. The number of ether oxygens (including phenoxy) is 2. The van der Waals surface area contributed by atoms with Gasteiger partial charge in [-0.1, -0.05) is 24.3 Å². The third-order valence-corrected chi connectivity index (χ3v) is 5.33. The van der Waals surface area contributed by atoms with Gasteiger partial charge in [0.15, 0.2) is 11.5 Å². The molecule has 0 aliphatic carbocycles. The summed E-state index contributed by atoms with van der Waals surface area (Å²) in [5.74, 6) is 1.03. The Morgan fingerprint density at radius 3 is 2.59 bits per heavy atom. The van der Waals surface area contributed by atoms with Gasteiger partial charge >= 0.3 is 0 Å². The minimum absolute atomic E-state index is 0.268. The first-order valence-corrected chi connectivity index (χ1v) is 10.5. The van der Waals surface area contributed by atoms with Crippen molar-refractivity contribution in [2.75, 3.05) is 6.61 Å². The van der Waals surface area contributed by atoms with Crippen molar-refractivity contribution in [1.29, 1.82) is 0 Å². The zero-order valence-corrected chi connectivity index (χ0v) is 18.9. The van der Waals surface area contributed by atoms with Crippen molar-refractivity contribution in [3.05, 3.63) is 86.2 Å². The molecule has 0 bridgehead atoms. The summed E-state index contributed by atoms with van der Waals surface area (Å²) >= 11 is 2.23. The van der Waals surface area contributed by atoms with Crippen molar-refractivity contribution >= 4 is 34.5 Å². The summed E-state index contributed by atoms with van der Waals surface area (Å²) in [6.45, 7) is 6.86. The van der Waals surface area contributed by atoms with Crippen LogP contribution in [0.5, 0.6) is 11.5 Å². The van der Waals surface area contributed by atoms with Gasteiger partial charge in [0.25, 0.3) is 0 Å². The lowest BCUT2D eigenvalue weighted by molar-refractivity contribution is 0.267. The Hall–Kier alpha value is -2.41. The van der Waals surface area contributed by atoms with Crippen LogP contribution in [0.4, 0.5) is 10.1 Å². The van der Waals surface area contributed by atoms with Crippen LogP contribution in [0.1, 0.15) is 29.2 Å². The maximum Gasteiger partial charge on any atom is 0.175 e. The second-order valence-corrected chi connectivity index (χ2v) is 7.82. The lowest BCUT2D eigenvalue weighted by Crippen LogP contribution is -2.02. The first-order valence-electron chi connectivity index (χ1n) is 9.41. The summed E-state index contributed by atoms with van der Waals surface area (Å²) in [6.07, 6.45) is 1.84. The Morgan fingerprint density at radius 2 is 1.83 bits per heavy atom. The van der Waals surface area contributed by atoms with Crippen LogP contribution in [-0.2, 0) is 6.61 Å². The van der Waals surface area contributed by atoms with Crippen LogP contribution in [0.25, 0.3) is 0 Å². The molecule has 3 aromatic rings. The highest BCUT2D eigenvalue weighted by atomic mass is 127. The first-order chi connectivity index (χ1) is 14.0. The van der Waals surface area contributed by atoms with Crippen molar-refractivity contribution in [1.82, 2.24) is 0 Å². The third-order valence-electron chi connectivity index (χ3n) is 4.53. The van der Waals surface area contributed by atoms with E-state index in [-0.39, 0.29) is 12.4 Å². The molecule has 0 unspecified atom stereocenters. The van der Waals surface area contributed by atoms with Crippen LogP contribution in [-0.4, -0.2) is 12.8 Å². The number of rotatable bonds is 7. The fourth-order valence-corrected chi connectivity index (χ4v) is 3.65. The van der Waals surface area contributed by atoms with Crippen LogP contribution in [0.2, 0.25) is 0 Å². The van der Waals surface area contributed by atoms with Gasteiger partial charge in [-0.2, -0.15) is 0 Å². The molecule has 0 aliphatic heterocycles. The third kappa shape index (κ3) is 5.56. The van der Waals surface area contributed by atoms with Gasteiger partial charge in [0, 0.05) is 6.21 Å². The van der Waals surface area contributed by atoms with E-state index in [1.54, 1.807) is 6.07 Å². The molecule has 3 nitrogen and oxygen atoms in total. The number of nitrogens with zero attached hydrogens (tertiary/aromatic N) is 1. The highest BCUT2D eigenvalue weighted by molar-refractivity contribution is 14.1. The number of hydrogen-bond acceptors (Lipinski definition) is 3. The van der Waals surface area contributed by atoms with Gasteiger partial charge in [0.2, 0.25) is 0 Å². The van der Waals surface area contributed by atoms with Crippen LogP contribution in [0.3, 0.4) is 0 Å². The average Bonchev–Trinajstić information content (AvgIpc) is 2.69. The van der Waals surface area contributed by atoms with Gasteiger partial charge in [-0.3, -0.25) is 4.99 Å². The Balaban J connectivity index is 1.85. The van der Waals surface area contributed by atoms with Crippen molar-refractivity contribution in [2.45, 2.75) is 27.4 Å². The molecule has 0 aliphatic rings. The molecule has 0 amide bonds. The molecule has 0 saturated heterocycles. The fourth-order valence-electron chi connectivity index (χ4n) is 2.87. The molecular formula is C24H23FINO2. The van der Waals surface area contributed by atoms with Crippen molar-refractivity contribution < 1.29 is 13.9 Å². The van der Waals surface area contributed by atoms with E-state index < -0.39 is 0 Å². The number of benzene rings is 3. The summed E-state index contributed by atoms with van der Waals surface area (Å²) in [4.78, 5) is 4.65. The summed E-state index contributed by atoms with van der Waals surface area (Å²) in [5.41, 5.74) is 5.02. The van der Waals surface area contributed by atoms with E-state index >= 15 is 0 Å². The zero-order valence-electron chi connectivity index (χ0n) is 16.7. The maximum absolute atomic E-state index is 13.4. The largest absolute Gasteiger partial charge is 0.490 e. The maximum atomic E-state index is 13.4. The molecule has 0 radical (unpaired) electrons. The lowest BCUT2D eigenvalue weighted by Gasteiger charge is -2.15. The Kier molecular flexibility index (Phi) is 7.25. The molecule has 0 N–H and O–H groups in total. The molecule has 0 fully saturated rings. The predicted octanol–water partition coefficient (Wildman–Crippen LogP) is 6.78. The van der Waals surface area contributed by atoms with E-state index in [0.717, 1.165) is 20.4 Å².